The molecule has 0 spiro atoms. The molecule has 34 heavy (non-hydrogen) atoms. The summed E-state index contributed by atoms with van der Waals surface area (Å²) >= 11 is 0. The molecule has 0 radical (unpaired) electrons. The lowest BCUT2D eigenvalue weighted by molar-refractivity contribution is -0.140. The van der Waals surface area contributed by atoms with Crippen LogP contribution >= 0.6 is 0 Å². The maximum atomic E-state index is 14.2. The van der Waals surface area contributed by atoms with E-state index in [1.807, 2.05) is 0 Å². The summed E-state index contributed by atoms with van der Waals surface area (Å²) in [5.74, 6) is -0.679. The smallest absolute Gasteiger partial charge is 0.242 e. The van der Waals surface area contributed by atoms with E-state index >= 15 is 0 Å². The third-order valence-corrected chi connectivity index (χ3v) is 6.50. The number of rotatable bonds is 12. The second kappa shape index (κ2) is 12.4. The number of nitrogens with zero attached hydrogens (tertiary/aromatic N) is 2. The average molecular weight is 494 g/mol. The van der Waals surface area contributed by atoms with Crippen molar-refractivity contribution >= 4 is 27.5 Å². The number of ether oxygens (including phenoxy) is 1. The van der Waals surface area contributed by atoms with Crippen LogP contribution in [0, 0.1) is 5.82 Å². The predicted octanol–water partition coefficient (Wildman–Crippen LogP) is 2.93. The largest absolute Gasteiger partial charge is 0.497 e. The molecular weight excluding hydrogens is 461 g/mol. The first-order valence-electron chi connectivity index (χ1n) is 11.0. The lowest BCUT2D eigenvalue weighted by Gasteiger charge is -2.29. The minimum Gasteiger partial charge on any atom is -0.497 e. The molecule has 8 nitrogen and oxygen atoms in total. The fourth-order valence-electron chi connectivity index (χ4n) is 3.48. The third-order valence-electron chi connectivity index (χ3n) is 5.31. The molecule has 0 fully saturated rings. The van der Waals surface area contributed by atoms with Gasteiger partial charge >= 0.3 is 0 Å². The second-order valence-electron chi connectivity index (χ2n) is 7.82. The van der Waals surface area contributed by atoms with Gasteiger partial charge < -0.3 is 15.0 Å². The molecule has 0 bridgehead atoms. The molecule has 1 N–H and O–H groups in total. The fraction of sp³-hybridized carbons (Fsp3) is 0.417. The Hall–Kier alpha value is -3.14. The summed E-state index contributed by atoms with van der Waals surface area (Å²) in [6.07, 6.45) is 1.28. The van der Waals surface area contributed by atoms with Crippen LogP contribution in [0.4, 0.5) is 10.1 Å². The van der Waals surface area contributed by atoms with Crippen LogP contribution in [0.15, 0.2) is 48.5 Å². The standard InChI is InChI=1S/C24H32FN3O5S/c1-5-26-24(30)18(2)27(17-19-10-6-7-13-22(19)25)23(29)14-9-15-28(34(4,31)32)20-11-8-12-21(16-20)33-3/h6-8,10-13,16,18H,5,9,14-15,17H2,1-4H3,(H,26,30)/t18-/m0/s1. The molecule has 0 aliphatic heterocycles. The van der Waals surface area contributed by atoms with E-state index in [9.17, 15) is 22.4 Å². The normalized spacial score (nSPS) is 12.0. The molecule has 0 aliphatic carbocycles. The highest BCUT2D eigenvalue weighted by atomic mass is 32.2. The zero-order valence-corrected chi connectivity index (χ0v) is 20.8. The Balaban J connectivity index is 2.17. The van der Waals surface area contributed by atoms with Crippen molar-refractivity contribution < 1.29 is 27.1 Å². The molecule has 0 saturated carbocycles. The summed E-state index contributed by atoms with van der Waals surface area (Å²) in [4.78, 5) is 26.9. The van der Waals surface area contributed by atoms with Crippen LogP contribution in [0.3, 0.4) is 0 Å². The van der Waals surface area contributed by atoms with Gasteiger partial charge in [0.15, 0.2) is 0 Å². The van der Waals surface area contributed by atoms with Gasteiger partial charge in [0.25, 0.3) is 0 Å². The lowest BCUT2D eigenvalue weighted by atomic mass is 10.1. The van der Waals surface area contributed by atoms with Gasteiger partial charge in [-0.2, -0.15) is 0 Å². The summed E-state index contributed by atoms with van der Waals surface area (Å²) in [5.41, 5.74) is 0.717. The number of methoxy groups -OCH3 is 1. The number of sulfonamides is 1. The number of anilines is 1. The highest BCUT2D eigenvalue weighted by Crippen LogP contribution is 2.24. The first-order valence-corrected chi connectivity index (χ1v) is 12.9. The quantitative estimate of drug-likeness (QED) is 0.491. The van der Waals surface area contributed by atoms with Crippen LogP contribution in [0.5, 0.6) is 5.75 Å². The van der Waals surface area contributed by atoms with Crippen molar-refractivity contribution in [1.29, 1.82) is 0 Å². The topological polar surface area (TPSA) is 96.0 Å². The lowest BCUT2D eigenvalue weighted by Crippen LogP contribution is -2.47. The molecule has 2 rings (SSSR count). The van der Waals surface area contributed by atoms with Crippen molar-refractivity contribution in [3.05, 3.63) is 59.9 Å². The van der Waals surface area contributed by atoms with Crippen molar-refractivity contribution in [2.24, 2.45) is 0 Å². The molecule has 0 unspecified atom stereocenters. The number of benzene rings is 2. The van der Waals surface area contributed by atoms with E-state index in [4.69, 9.17) is 4.74 Å². The number of carbonyl (C=O) groups excluding carboxylic acids is 2. The van der Waals surface area contributed by atoms with Crippen molar-refractivity contribution in [2.75, 3.05) is 30.8 Å². The zero-order valence-electron chi connectivity index (χ0n) is 20.0. The van der Waals surface area contributed by atoms with Gasteiger partial charge in [0.1, 0.15) is 17.6 Å². The maximum absolute atomic E-state index is 14.2. The molecule has 10 heteroatoms. The van der Waals surface area contributed by atoms with Gasteiger partial charge in [-0.25, -0.2) is 12.8 Å². The van der Waals surface area contributed by atoms with Crippen LogP contribution in [-0.2, 0) is 26.2 Å². The maximum Gasteiger partial charge on any atom is 0.242 e. The van der Waals surface area contributed by atoms with Crippen LogP contribution in [0.1, 0.15) is 32.3 Å². The van der Waals surface area contributed by atoms with Crippen LogP contribution in [0.2, 0.25) is 0 Å². The van der Waals surface area contributed by atoms with Crippen LogP contribution < -0.4 is 14.4 Å². The van der Waals surface area contributed by atoms with Gasteiger partial charge in [-0.15, -0.1) is 0 Å². The molecule has 0 aromatic heterocycles. The molecule has 0 aliphatic rings. The van der Waals surface area contributed by atoms with Crippen molar-refractivity contribution in [3.63, 3.8) is 0 Å². The van der Waals surface area contributed by atoms with E-state index in [2.05, 4.69) is 5.32 Å². The number of nitrogens with one attached hydrogen (secondary N) is 1. The molecule has 0 saturated heterocycles. The Bertz CT molecular complexity index is 1090. The highest BCUT2D eigenvalue weighted by Gasteiger charge is 2.27. The molecule has 0 heterocycles. The summed E-state index contributed by atoms with van der Waals surface area (Å²) in [6, 6.07) is 11.9. The Labute approximate surface area is 200 Å². The molecule has 2 aromatic carbocycles. The summed E-state index contributed by atoms with van der Waals surface area (Å²) in [7, 11) is -2.12. The number of likely N-dealkylation sites (N-methyl/N-ethyl adjacent to an activating group) is 1. The SMILES string of the molecule is CCNC(=O)[C@H](C)N(Cc1ccccc1F)C(=O)CCCN(c1cccc(OC)c1)S(C)(=O)=O. The van der Waals surface area contributed by atoms with E-state index in [0.717, 1.165) is 6.26 Å². The van der Waals surface area contributed by atoms with E-state index in [1.165, 1.54) is 22.4 Å². The van der Waals surface area contributed by atoms with E-state index < -0.39 is 21.9 Å². The minimum atomic E-state index is -3.61. The van der Waals surface area contributed by atoms with Gasteiger partial charge in [-0.3, -0.25) is 13.9 Å². The Morgan fingerprint density at radius 2 is 1.85 bits per heavy atom. The summed E-state index contributed by atoms with van der Waals surface area (Å²) in [6.45, 7) is 3.74. The average Bonchev–Trinajstić information content (AvgIpc) is 2.80. The van der Waals surface area contributed by atoms with Crippen LogP contribution in [0.25, 0.3) is 0 Å². The minimum absolute atomic E-state index is 0.0197. The molecule has 2 amide bonds. The molecule has 2 aromatic rings. The van der Waals surface area contributed by atoms with Crippen molar-refractivity contribution in [1.82, 2.24) is 10.2 Å². The van der Waals surface area contributed by atoms with Gasteiger partial charge in [0.2, 0.25) is 21.8 Å². The zero-order chi connectivity index (χ0) is 25.3. The van der Waals surface area contributed by atoms with Gasteiger partial charge in [-0.1, -0.05) is 24.3 Å². The van der Waals surface area contributed by atoms with Gasteiger partial charge in [-0.05, 0) is 38.5 Å². The van der Waals surface area contributed by atoms with E-state index in [1.54, 1.807) is 56.3 Å². The molecule has 186 valence electrons. The summed E-state index contributed by atoms with van der Waals surface area (Å²) in [5, 5.41) is 2.68. The number of halogens is 1. The predicted molar refractivity (Wildman–Crippen MR) is 130 cm³/mol. The summed E-state index contributed by atoms with van der Waals surface area (Å²) < 4.78 is 45.4. The monoisotopic (exact) mass is 493 g/mol. The van der Waals surface area contributed by atoms with E-state index in [-0.39, 0.29) is 37.7 Å². The Morgan fingerprint density at radius 3 is 2.47 bits per heavy atom. The Kier molecular flexibility index (Phi) is 9.85. The van der Waals surface area contributed by atoms with Crippen molar-refractivity contribution in [2.45, 2.75) is 39.3 Å². The van der Waals surface area contributed by atoms with Crippen molar-refractivity contribution in [3.8, 4) is 5.75 Å². The third kappa shape index (κ3) is 7.44. The highest BCUT2D eigenvalue weighted by molar-refractivity contribution is 7.92. The fourth-order valence-corrected chi connectivity index (χ4v) is 4.44. The van der Waals surface area contributed by atoms with Crippen LogP contribution in [-0.4, -0.2) is 57.6 Å². The van der Waals surface area contributed by atoms with Gasteiger partial charge in [0.05, 0.1) is 19.1 Å². The number of amides is 2. The first kappa shape index (κ1) is 27.1. The molecular formula is C24H32FN3O5S. The Morgan fingerprint density at radius 1 is 1.15 bits per heavy atom. The number of hydrogen-bond donors (Lipinski definition) is 1. The van der Waals surface area contributed by atoms with Gasteiger partial charge in [0, 0.05) is 37.7 Å². The number of carbonyl (C=O) groups is 2. The first-order chi connectivity index (χ1) is 16.1. The molecule has 1 atom stereocenters. The number of hydrogen-bond acceptors (Lipinski definition) is 5. The second-order valence-corrected chi connectivity index (χ2v) is 9.73. The van der Waals surface area contributed by atoms with E-state index in [0.29, 0.717) is 23.5 Å².